The van der Waals surface area contributed by atoms with Crippen molar-refractivity contribution in [2.45, 2.75) is 25.9 Å². The molecule has 0 spiro atoms. The minimum absolute atomic E-state index is 0.140. The highest BCUT2D eigenvalue weighted by Crippen LogP contribution is 2.23. The largest absolute Gasteiger partial charge is 0.491 e. The van der Waals surface area contributed by atoms with Crippen LogP contribution in [0.15, 0.2) is 57.7 Å². The number of esters is 1. The van der Waals surface area contributed by atoms with E-state index in [1.807, 2.05) is 6.92 Å². The Labute approximate surface area is 161 Å². The van der Waals surface area contributed by atoms with Crippen molar-refractivity contribution in [3.63, 3.8) is 0 Å². The lowest BCUT2D eigenvalue weighted by molar-refractivity contribution is 0.0678. The minimum atomic E-state index is -0.500. The van der Waals surface area contributed by atoms with Crippen LogP contribution in [0.3, 0.4) is 0 Å². The third kappa shape index (κ3) is 4.07. The first-order valence-electron chi connectivity index (χ1n) is 9.20. The van der Waals surface area contributed by atoms with E-state index >= 15 is 0 Å². The van der Waals surface area contributed by atoms with Crippen LogP contribution < -0.4 is 15.1 Å². The number of carbonyl (C=O) groups is 1. The number of carbonyl (C=O) groups excluding carboxylic acids is 1. The van der Waals surface area contributed by atoms with Crippen molar-refractivity contribution in [3.05, 3.63) is 70.1 Å². The Kier molecular flexibility index (Phi) is 5.12. The maximum atomic E-state index is 12.4. The zero-order valence-electron chi connectivity index (χ0n) is 15.5. The molecule has 1 fully saturated rings. The standard InChI is InChI=1S/C22H20O6/c1-14-11-21(23)28-20-12-17(8-9-19(14)20)27-22(24)15-4-6-16(7-5-15)26-13-18-3-2-10-25-18/h4-9,11-12,18H,2-3,10,13H2,1H3. The summed E-state index contributed by atoms with van der Waals surface area (Å²) in [6.07, 6.45) is 2.22. The number of rotatable bonds is 5. The molecular formula is C22H20O6. The molecule has 1 aliphatic rings. The van der Waals surface area contributed by atoms with Gasteiger partial charge in [-0.2, -0.15) is 0 Å². The molecule has 1 atom stereocenters. The minimum Gasteiger partial charge on any atom is -0.491 e. The molecule has 3 aromatic rings. The molecule has 0 saturated carbocycles. The number of hydrogen-bond donors (Lipinski definition) is 0. The molecule has 1 unspecified atom stereocenters. The van der Waals surface area contributed by atoms with E-state index in [0.29, 0.717) is 29.3 Å². The third-order valence-electron chi connectivity index (χ3n) is 4.68. The van der Waals surface area contributed by atoms with E-state index < -0.39 is 11.6 Å². The monoisotopic (exact) mass is 380 g/mol. The molecule has 1 aliphatic heterocycles. The van der Waals surface area contributed by atoms with Crippen molar-refractivity contribution in [2.75, 3.05) is 13.2 Å². The molecule has 0 bridgehead atoms. The maximum Gasteiger partial charge on any atom is 0.343 e. The lowest BCUT2D eigenvalue weighted by atomic mass is 10.1. The predicted molar refractivity (Wildman–Crippen MR) is 103 cm³/mol. The highest BCUT2D eigenvalue weighted by atomic mass is 16.5. The van der Waals surface area contributed by atoms with Crippen molar-refractivity contribution in [1.82, 2.24) is 0 Å². The Bertz CT molecular complexity index is 1040. The summed E-state index contributed by atoms with van der Waals surface area (Å²) >= 11 is 0. The topological polar surface area (TPSA) is 75.0 Å². The summed E-state index contributed by atoms with van der Waals surface area (Å²) in [5.74, 6) is 0.486. The van der Waals surface area contributed by atoms with Gasteiger partial charge in [-0.1, -0.05) is 0 Å². The SMILES string of the molecule is Cc1cc(=O)oc2cc(OC(=O)c3ccc(OCC4CCCO4)cc3)ccc12. The van der Waals surface area contributed by atoms with Crippen molar-refractivity contribution in [3.8, 4) is 11.5 Å². The van der Waals surface area contributed by atoms with Gasteiger partial charge in [0.2, 0.25) is 0 Å². The van der Waals surface area contributed by atoms with Crippen LogP contribution in [0.2, 0.25) is 0 Å². The summed E-state index contributed by atoms with van der Waals surface area (Å²) in [5, 5.41) is 0.798. The number of ether oxygens (including phenoxy) is 3. The summed E-state index contributed by atoms with van der Waals surface area (Å²) in [6.45, 7) is 3.12. The van der Waals surface area contributed by atoms with Crippen LogP contribution in [0.1, 0.15) is 28.8 Å². The van der Waals surface area contributed by atoms with Crippen molar-refractivity contribution < 1.29 is 23.4 Å². The van der Waals surface area contributed by atoms with Crippen LogP contribution in [-0.2, 0) is 4.74 Å². The highest BCUT2D eigenvalue weighted by molar-refractivity contribution is 5.92. The molecule has 0 amide bonds. The van der Waals surface area contributed by atoms with E-state index in [9.17, 15) is 9.59 Å². The fourth-order valence-corrected chi connectivity index (χ4v) is 3.19. The van der Waals surface area contributed by atoms with Gasteiger partial charge in [0.15, 0.2) is 0 Å². The number of benzene rings is 2. The van der Waals surface area contributed by atoms with Gasteiger partial charge in [0, 0.05) is 24.1 Å². The number of aryl methyl sites for hydroxylation is 1. The van der Waals surface area contributed by atoms with Crippen LogP contribution >= 0.6 is 0 Å². The molecule has 2 aromatic carbocycles. The van der Waals surface area contributed by atoms with Gasteiger partial charge in [0.25, 0.3) is 0 Å². The van der Waals surface area contributed by atoms with Gasteiger partial charge in [0.05, 0.1) is 11.7 Å². The van der Waals surface area contributed by atoms with Crippen molar-refractivity contribution in [1.29, 1.82) is 0 Å². The van der Waals surface area contributed by atoms with E-state index in [1.54, 1.807) is 42.5 Å². The first-order valence-corrected chi connectivity index (χ1v) is 9.20. The lowest BCUT2D eigenvalue weighted by Crippen LogP contribution is -2.16. The van der Waals surface area contributed by atoms with E-state index in [0.717, 1.165) is 30.4 Å². The smallest absolute Gasteiger partial charge is 0.343 e. The molecule has 0 aliphatic carbocycles. The van der Waals surface area contributed by atoms with Crippen molar-refractivity contribution in [2.24, 2.45) is 0 Å². The summed E-state index contributed by atoms with van der Waals surface area (Å²) in [5.41, 5.74) is 1.15. The van der Waals surface area contributed by atoms with Gasteiger partial charge < -0.3 is 18.6 Å². The first-order chi connectivity index (χ1) is 13.6. The molecule has 1 saturated heterocycles. The molecule has 0 N–H and O–H groups in total. The maximum absolute atomic E-state index is 12.4. The molecule has 4 rings (SSSR count). The van der Waals surface area contributed by atoms with Crippen LogP contribution in [0.4, 0.5) is 0 Å². The fraction of sp³-hybridized carbons (Fsp3) is 0.273. The van der Waals surface area contributed by atoms with E-state index in [1.165, 1.54) is 6.07 Å². The molecule has 6 nitrogen and oxygen atoms in total. The summed E-state index contributed by atoms with van der Waals surface area (Å²) < 4.78 is 21.8. The summed E-state index contributed by atoms with van der Waals surface area (Å²) in [4.78, 5) is 23.9. The van der Waals surface area contributed by atoms with Gasteiger partial charge in [-0.3, -0.25) is 0 Å². The average Bonchev–Trinajstić information content (AvgIpc) is 3.20. The Morgan fingerprint density at radius 2 is 1.89 bits per heavy atom. The molecule has 28 heavy (non-hydrogen) atoms. The zero-order valence-corrected chi connectivity index (χ0v) is 15.5. The van der Waals surface area contributed by atoms with Gasteiger partial charge in [-0.05, 0) is 61.7 Å². The van der Waals surface area contributed by atoms with E-state index in [2.05, 4.69) is 0 Å². The van der Waals surface area contributed by atoms with Crippen LogP contribution in [0.25, 0.3) is 11.0 Å². The molecule has 144 valence electrons. The predicted octanol–water partition coefficient (Wildman–Crippen LogP) is 3.88. The van der Waals surface area contributed by atoms with Crippen LogP contribution in [0.5, 0.6) is 11.5 Å². The second-order valence-corrected chi connectivity index (χ2v) is 6.77. The van der Waals surface area contributed by atoms with Gasteiger partial charge in [-0.15, -0.1) is 0 Å². The second-order valence-electron chi connectivity index (χ2n) is 6.77. The molecule has 2 heterocycles. The van der Waals surface area contributed by atoms with E-state index in [4.69, 9.17) is 18.6 Å². The third-order valence-corrected chi connectivity index (χ3v) is 4.68. The van der Waals surface area contributed by atoms with Crippen LogP contribution in [-0.4, -0.2) is 25.3 Å². The quantitative estimate of drug-likeness (QED) is 0.380. The number of hydrogen-bond acceptors (Lipinski definition) is 6. The average molecular weight is 380 g/mol. The molecular weight excluding hydrogens is 360 g/mol. The first kappa shape index (κ1) is 18.3. The highest BCUT2D eigenvalue weighted by Gasteiger charge is 2.16. The summed E-state index contributed by atoms with van der Waals surface area (Å²) in [6, 6.07) is 13.2. The van der Waals surface area contributed by atoms with Gasteiger partial charge in [-0.25, -0.2) is 9.59 Å². The molecule has 0 radical (unpaired) electrons. The fourth-order valence-electron chi connectivity index (χ4n) is 3.19. The van der Waals surface area contributed by atoms with Crippen molar-refractivity contribution >= 4 is 16.9 Å². The van der Waals surface area contributed by atoms with E-state index in [-0.39, 0.29) is 6.10 Å². The lowest BCUT2D eigenvalue weighted by Gasteiger charge is -2.11. The summed E-state index contributed by atoms with van der Waals surface area (Å²) in [7, 11) is 0. The zero-order chi connectivity index (χ0) is 19.5. The second kappa shape index (κ2) is 7.86. The van der Waals surface area contributed by atoms with Gasteiger partial charge >= 0.3 is 11.6 Å². The Morgan fingerprint density at radius 3 is 2.64 bits per heavy atom. The Balaban J connectivity index is 1.43. The molecule has 1 aromatic heterocycles. The Hall–Kier alpha value is -3.12. The van der Waals surface area contributed by atoms with Gasteiger partial charge in [0.1, 0.15) is 23.7 Å². The number of fused-ring (bicyclic) bond motifs is 1. The molecule has 6 heteroatoms. The van der Waals surface area contributed by atoms with Crippen LogP contribution in [0, 0.1) is 6.92 Å². The normalized spacial score (nSPS) is 16.2. The Morgan fingerprint density at radius 1 is 1.11 bits per heavy atom.